The molecule has 0 aromatic heterocycles. The molecule has 2 aliphatic carbocycles. The van der Waals surface area contributed by atoms with Crippen LogP contribution in [0.4, 0.5) is 10.5 Å². The third-order valence-electron chi connectivity index (χ3n) is 6.76. The number of aryl methyl sites for hydroxylation is 2. The van der Waals surface area contributed by atoms with Gasteiger partial charge in [0, 0.05) is 37.0 Å². The summed E-state index contributed by atoms with van der Waals surface area (Å²) in [6.45, 7) is 4.62. The quantitative estimate of drug-likeness (QED) is 0.778. The Bertz CT molecular complexity index is 699. The average molecular weight is 387 g/mol. The lowest BCUT2D eigenvalue weighted by Gasteiger charge is -2.23. The second-order valence-electron chi connectivity index (χ2n) is 8.46. The van der Waals surface area contributed by atoms with Gasteiger partial charge >= 0.3 is 6.03 Å². The van der Waals surface area contributed by atoms with Crippen LogP contribution in [0.15, 0.2) is 6.07 Å². The number of hydrogen-bond acceptors (Lipinski definition) is 4. The smallest absolute Gasteiger partial charge is 0.307 e. The highest BCUT2D eigenvalue weighted by atomic mass is 32.2. The SMILES string of the molecule is O=C(NSN1CCC(N2CCCC2)C1)Nc1c2c(cc3c1CCC3)CCC2. The highest BCUT2D eigenvalue weighted by molar-refractivity contribution is 7.95. The van der Waals surface area contributed by atoms with E-state index in [1.165, 1.54) is 92.4 Å². The Morgan fingerprint density at radius 3 is 2.37 bits per heavy atom. The summed E-state index contributed by atoms with van der Waals surface area (Å²) in [5.74, 6) is 0. The van der Waals surface area contributed by atoms with Crippen molar-refractivity contribution in [1.29, 1.82) is 0 Å². The first kappa shape index (κ1) is 17.8. The van der Waals surface area contributed by atoms with Gasteiger partial charge in [-0.05, 0) is 93.1 Å². The zero-order valence-electron chi connectivity index (χ0n) is 16.1. The van der Waals surface area contributed by atoms with Crippen molar-refractivity contribution in [3.05, 3.63) is 28.3 Å². The lowest BCUT2D eigenvalue weighted by molar-refractivity contribution is 0.251. The summed E-state index contributed by atoms with van der Waals surface area (Å²) in [7, 11) is 0. The van der Waals surface area contributed by atoms with Gasteiger partial charge < -0.3 is 5.32 Å². The number of nitrogens with one attached hydrogen (secondary N) is 2. The van der Waals surface area contributed by atoms with E-state index in [9.17, 15) is 4.79 Å². The predicted octanol–water partition coefficient (Wildman–Crippen LogP) is 3.52. The lowest BCUT2D eigenvalue weighted by Crippen LogP contribution is -2.35. The van der Waals surface area contributed by atoms with Gasteiger partial charge in [0.2, 0.25) is 0 Å². The molecule has 2 N–H and O–H groups in total. The fourth-order valence-corrected chi connectivity index (χ4v) is 6.12. The number of rotatable bonds is 4. The van der Waals surface area contributed by atoms with Crippen LogP contribution in [0.3, 0.4) is 0 Å². The Morgan fingerprint density at radius 2 is 1.67 bits per heavy atom. The number of anilines is 1. The van der Waals surface area contributed by atoms with Crippen molar-refractivity contribution < 1.29 is 4.79 Å². The fraction of sp³-hybridized carbons (Fsp3) is 0.667. The molecule has 1 unspecified atom stereocenters. The summed E-state index contributed by atoms with van der Waals surface area (Å²) >= 11 is 1.49. The monoisotopic (exact) mass is 386 g/mol. The van der Waals surface area contributed by atoms with E-state index in [1.54, 1.807) is 0 Å². The zero-order chi connectivity index (χ0) is 18.2. The molecule has 2 heterocycles. The molecule has 0 bridgehead atoms. The first-order valence-corrected chi connectivity index (χ1v) is 11.4. The number of urea groups is 1. The van der Waals surface area contributed by atoms with E-state index in [4.69, 9.17) is 0 Å². The van der Waals surface area contributed by atoms with E-state index < -0.39 is 0 Å². The van der Waals surface area contributed by atoms with Crippen LogP contribution in [0, 0.1) is 0 Å². The maximum absolute atomic E-state index is 12.6. The first-order chi connectivity index (χ1) is 13.3. The molecular weight excluding hydrogens is 356 g/mol. The number of likely N-dealkylation sites (tertiary alicyclic amines) is 1. The van der Waals surface area contributed by atoms with Crippen LogP contribution in [0.5, 0.6) is 0 Å². The summed E-state index contributed by atoms with van der Waals surface area (Å²) < 4.78 is 5.35. The van der Waals surface area contributed by atoms with Gasteiger partial charge in [-0.3, -0.25) is 9.62 Å². The standard InChI is InChI=1S/C21H30N4OS/c26-21(23-27-25-12-9-17(14-25)24-10-1-2-11-24)22-20-18-7-3-5-15(18)13-16-6-4-8-19(16)20/h13,17H,1-12,14H2,(H2,22,23,26). The molecule has 5 rings (SSSR count). The van der Waals surface area contributed by atoms with E-state index in [-0.39, 0.29) is 6.03 Å². The molecule has 2 aliphatic heterocycles. The Labute approximate surface area is 166 Å². The molecule has 0 radical (unpaired) electrons. The normalized spacial score (nSPS) is 25.0. The van der Waals surface area contributed by atoms with Gasteiger partial charge in [-0.15, -0.1) is 0 Å². The molecule has 0 saturated carbocycles. The molecule has 2 fully saturated rings. The van der Waals surface area contributed by atoms with Crippen molar-refractivity contribution in [1.82, 2.24) is 13.9 Å². The van der Waals surface area contributed by atoms with E-state index in [0.29, 0.717) is 6.04 Å². The maximum atomic E-state index is 12.6. The number of benzene rings is 1. The van der Waals surface area contributed by atoms with Gasteiger partial charge in [0.15, 0.2) is 0 Å². The molecule has 146 valence electrons. The molecule has 27 heavy (non-hydrogen) atoms. The first-order valence-electron chi connectivity index (χ1n) is 10.7. The third kappa shape index (κ3) is 3.59. The predicted molar refractivity (Wildman–Crippen MR) is 111 cm³/mol. The van der Waals surface area contributed by atoms with Crippen molar-refractivity contribution in [2.75, 3.05) is 31.5 Å². The Hall–Kier alpha value is -1.24. The number of nitrogens with zero attached hydrogens (tertiary/aromatic N) is 2. The summed E-state index contributed by atoms with van der Waals surface area (Å²) in [4.78, 5) is 15.2. The fourth-order valence-electron chi connectivity index (χ4n) is 5.41. The van der Waals surface area contributed by atoms with E-state index in [2.05, 4.69) is 25.3 Å². The summed E-state index contributed by atoms with van der Waals surface area (Å²) in [5.41, 5.74) is 6.85. The van der Waals surface area contributed by atoms with Crippen LogP contribution in [-0.4, -0.2) is 47.5 Å². The molecule has 2 amide bonds. The van der Waals surface area contributed by atoms with Crippen molar-refractivity contribution in [3.8, 4) is 0 Å². The molecule has 4 aliphatic rings. The van der Waals surface area contributed by atoms with Crippen LogP contribution >= 0.6 is 12.1 Å². The van der Waals surface area contributed by atoms with Gasteiger partial charge in [-0.25, -0.2) is 9.10 Å². The summed E-state index contributed by atoms with van der Waals surface area (Å²) in [6, 6.07) is 3.01. The van der Waals surface area contributed by atoms with Crippen molar-refractivity contribution in [3.63, 3.8) is 0 Å². The molecular formula is C21H30N4OS. The number of hydrogen-bond donors (Lipinski definition) is 2. The minimum atomic E-state index is -0.0703. The van der Waals surface area contributed by atoms with E-state index in [1.807, 2.05) is 0 Å². The zero-order valence-corrected chi connectivity index (χ0v) is 16.9. The van der Waals surface area contributed by atoms with Gasteiger partial charge in [-0.2, -0.15) is 0 Å². The third-order valence-corrected chi connectivity index (χ3v) is 7.63. The van der Waals surface area contributed by atoms with Gasteiger partial charge in [0.1, 0.15) is 0 Å². The molecule has 5 nitrogen and oxygen atoms in total. The van der Waals surface area contributed by atoms with Crippen molar-refractivity contribution >= 4 is 23.9 Å². The lowest BCUT2D eigenvalue weighted by atomic mass is 9.99. The van der Waals surface area contributed by atoms with Crippen LogP contribution < -0.4 is 10.0 Å². The Morgan fingerprint density at radius 1 is 0.963 bits per heavy atom. The second kappa shape index (κ2) is 7.64. The Balaban J connectivity index is 1.19. The van der Waals surface area contributed by atoms with Crippen molar-refractivity contribution in [2.24, 2.45) is 0 Å². The minimum absolute atomic E-state index is 0.0703. The second-order valence-corrected chi connectivity index (χ2v) is 9.36. The highest BCUT2D eigenvalue weighted by Crippen LogP contribution is 2.38. The van der Waals surface area contributed by atoms with Gasteiger partial charge in [0.25, 0.3) is 0 Å². The van der Waals surface area contributed by atoms with E-state index >= 15 is 0 Å². The molecule has 1 atom stereocenters. The molecule has 0 spiro atoms. The summed E-state index contributed by atoms with van der Waals surface area (Å²) in [5, 5.41) is 3.22. The molecule has 1 aromatic rings. The molecule has 6 heteroatoms. The van der Waals surface area contributed by atoms with Crippen LogP contribution in [-0.2, 0) is 25.7 Å². The number of amides is 2. The van der Waals surface area contributed by atoms with Gasteiger partial charge in [0.05, 0.1) is 0 Å². The van der Waals surface area contributed by atoms with Crippen LogP contribution in [0.25, 0.3) is 0 Å². The maximum Gasteiger partial charge on any atom is 0.330 e. The van der Waals surface area contributed by atoms with Gasteiger partial charge in [-0.1, -0.05) is 6.07 Å². The number of carbonyl (C=O) groups is 1. The number of carbonyl (C=O) groups excluding carboxylic acids is 1. The van der Waals surface area contributed by atoms with Crippen molar-refractivity contribution in [2.45, 2.75) is 63.8 Å². The molecule has 1 aromatic carbocycles. The average Bonchev–Trinajstić information content (AvgIpc) is 3.46. The number of fused-ring (bicyclic) bond motifs is 2. The van der Waals surface area contributed by atoms with E-state index in [0.717, 1.165) is 31.6 Å². The van der Waals surface area contributed by atoms with Crippen LogP contribution in [0.2, 0.25) is 0 Å². The summed E-state index contributed by atoms with van der Waals surface area (Å²) in [6.07, 6.45) is 10.9. The highest BCUT2D eigenvalue weighted by Gasteiger charge is 2.30. The minimum Gasteiger partial charge on any atom is -0.307 e. The topological polar surface area (TPSA) is 47.6 Å². The Kier molecular flexibility index (Phi) is 5.05. The molecule has 2 saturated heterocycles. The largest absolute Gasteiger partial charge is 0.330 e. The van der Waals surface area contributed by atoms with Crippen LogP contribution in [0.1, 0.15) is 54.4 Å².